The van der Waals surface area contributed by atoms with Gasteiger partial charge in [0, 0.05) is 64.5 Å². The highest BCUT2D eigenvalue weighted by molar-refractivity contribution is 6.31. The van der Waals surface area contributed by atoms with Crippen molar-refractivity contribution in [2.45, 2.75) is 73.5 Å². The standard InChI is InChI=1S/C31H38ClN3O3/c1-20(2)38-29(36)16-24-22(4)33-18-25(30(24)35-14-12-31(5,6)13-15-35)23-10-11-28(34-17-23)37-19-26-21(3)8-7-9-27(26)32/h7-11,17-18,20H,12-16,19H2,1-6H3. The summed E-state index contributed by atoms with van der Waals surface area (Å²) in [5, 5.41) is 0.685. The fourth-order valence-electron chi connectivity index (χ4n) is 4.82. The van der Waals surface area contributed by atoms with Crippen LogP contribution in [0.15, 0.2) is 42.7 Å². The predicted molar refractivity (Wildman–Crippen MR) is 153 cm³/mol. The van der Waals surface area contributed by atoms with Gasteiger partial charge in [0.2, 0.25) is 5.88 Å². The SMILES string of the molecule is Cc1cccc(Cl)c1COc1ccc(-c2cnc(C)c(CC(=O)OC(C)C)c2N2CCC(C)(C)CC2)cn1. The van der Waals surface area contributed by atoms with Gasteiger partial charge < -0.3 is 14.4 Å². The van der Waals surface area contributed by atoms with E-state index in [2.05, 4.69) is 28.7 Å². The number of hydrogen-bond acceptors (Lipinski definition) is 6. The Hall–Kier alpha value is -3.12. The summed E-state index contributed by atoms with van der Waals surface area (Å²) >= 11 is 6.36. The molecule has 0 radical (unpaired) electrons. The molecule has 4 rings (SSSR count). The summed E-state index contributed by atoms with van der Waals surface area (Å²) in [5.41, 5.74) is 7.04. The minimum atomic E-state index is -0.239. The normalized spacial score (nSPS) is 15.0. The van der Waals surface area contributed by atoms with Crippen molar-refractivity contribution in [1.29, 1.82) is 0 Å². The van der Waals surface area contributed by atoms with Gasteiger partial charge in [-0.15, -0.1) is 0 Å². The summed E-state index contributed by atoms with van der Waals surface area (Å²) in [6, 6.07) is 9.69. The first-order valence-electron chi connectivity index (χ1n) is 13.3. The molecule has 202 valence electrons. The molecule has 38 heavy (non-hydrogen) atoms. The summed E-state index contributed by atoms with van der Waals surface area (Å²) in [5.74, 6) is 0.285. The van der Waals surface area contributed by atoms with Crippen molar-refractivity contribution >= 4 is 23.3 Å². The van der Waals surface area contributed by atoms with Gasteiger partial charge in [0.05, 0.1) is 18.2 Å². The van der Waals surface area contributed by atoms with Gasteiger partial charge in [-0.3, -0.25) is 9.78 Å². The lowest BCUT2D eigenvalue weighted by molar-refractivity contribution is -0.146. The smallest absolute Gasteiger partial charge is 0.310 e. The third-order valence-corrected chi connectivity index (χ3v) is 7.61. The molecule has 3 aromatic rings. The zero-order valence-corrected chi connectivity index (χ0v) is 24.1. The van der Waals surface area contributed by atoms with E-state index >= 15 is 0 Å². The Labute approximate surface area is 231 Å². The quantitative estimate of drug-likeness (QED) is 0.286. The van der Waals surface area contributed by atoms with Gasteiger partial charge in [-0.1, -0.05) is 37.6 Å². The number of hydrogen-bond donors (Lipinski definition) is 0. The number of ether oxygens (including phenoxy) is 2. The van der Waals surface area contributed by atoms with Crippen molar-refractivity contribution in [2.24, 2.45) is 5.41 Å². The minimum absolute atomic E-state index is 0.163. The van der Waals surface area contributed by atoms with Crippen LogP contribution in [0.4, 0.5) is 5.69 Å². The Morgan fingerprint density at radius 2 is 1.79 bits per heavy atom. The Balaban J connectivity index is 1.65. The third-order valence-electron chi connectivity index (χ3n) is 7.25. The number of anilines is 1. The van der Waals surface area contributed by atoms with Gasteiger partial charge in [-0.2, -0.15) is 0 Å². The Bertz CT molecular complexity index is 1260. The number of nitrogens with zero attached hydrogens (tertiary/aromatic N) is 3. The zero-order chi connectivity index (χ0) is 27.4. The number of carbonyl (C=O) groups is 1. The van der Waals surface area contributed by atoms with E-state index < -0.39 is 0 Å². The number of carbonyl (C=O) groups excluding carboxylic acids is 1. The molecule has 1 aromatic carbocycles. The van der Waals surface area contributed by atoms with Crippen LogP contribution in [0, 0.1) is 19.3 Å². The first-order chi connectivity index (χ1) is 18.0. The maximum Gasteiger partial charge on any atom is 0.310 e. The van der Waals surface area contributed by atoms with E-state index in [1.807, 2.05) is 70.4 Å². The van der Waals surface area contributed by atoms with Crippen molar-refractivity contribution in [3.05, 3.63) is 70.1 Å². The number of aryl methyl sites for hydroxylation is 2. The van der Waals surface area contributed by atoms with Gasteiger partial charge >= 0.3 is 5.97 Å². The highest BCUT2D eigenvalue weighted by Crippen LogP contribution is 2.40. The molecule has 1 aliphatic rings. The van der Waals surface area contributed by atoms with E-state index in [1.165, 1.54) is 0 Å². The van der Waals surface area contributed by atoms with E-state index in [-0.39, 0.29) is 18.5 Å². The van der Waals surface area contributed by atoms with E-state index in [1.54, 1.807) is 0 Å². The molecule has 0 N–H and O–H groups in total. The summed E-state index contributed by atoms with van der Waals surface area (Å²) in [7, 11) is 0. The first-order valence-corrected chi connectivity index (χ1v) is 13.7. The number of piperidine rings is 1. The third kappa shape index (κ3) is 6.65. The second kappa shape index (κ2) is 11.7. The molecule has 3 heterocycles. The molecule has 0 saturated carbocycles. The van der Waals surface area contributed by atoms with Crippen molar-refractivity contribution in [2.75, 3.05) is 18.0 Å². The zero-order valence-electron chi connectivity index (χ0n) is 23.3. The maximum absolute atomic E-state index is 12.7. The predicted octanol–water partition coefficient (Wildman–Crippen LogP) is 7.11. The average Bonchev–Trinajstić information content (AvgIpc) is 2.85. The lowest BCUT2D eigenvalue weighted by Crippen LogP contribution is -2.38. The lowest BCUT2D eigenvalue weighted by Gasteiger charge is -2.40. The molecule has 2 aromatic heterocycles. The number of esters is 1. The van der Waals surface area contributed by atoms with Gasteiger partial charge in [-0.05, 0) is 63.6 Å². The van der Waals surface area contributed by atoms with Crippen molar-refractivity contribution < 1.29 is 14.3 Å². The van der Waals surface area contributed by atoms with Gasteiger partial charge in [0.1, 0.15) is 6.61 Å². The number of benzene rings is 1. The molecular weight excluding hydrogens is 498 g/mol. The van der Waals surface area contributed by atoms with Crippen LogP contribution in [0.5, 0.6) is 5.88 Å². The molecule has 0 unspecified atom stereocenters. The molecule has 1 aliphatic heterocycles. The molecule has 0 atom stereocenters. The van der Waals surface area contributed by atoms with Crippen LogP contribution in [-0.4, -0.2) is 35.1 Å². The lowest BCUT2D eigenvalue weighted by atomic mass is 9.82. The van der Waals surface area contributed by atoms with E-state index in [0.717, 1.165) is 65.1 Å². The van der Waals surface area contributed by atoms with Crippen LogP contribution in [0.25, 0.3) is 11.1 Å². The number of rotatable bonds is 8. The summed E-state index contributed by atoms with van der Waals surface area (Å²) in [6.45, 7) is 14.5. The molecule has 0 aliphatic carbocycles. The fourth-order valence-corrected chi connectivity index (χ4v) is 5.10. The second-order valence-corrected chi connectivity index (χ2v) is 11.6. The van der Waals surface area contributed by atoms with Crippen LogP contribution in [0.1, 0.15) is 62.9 Å². The van der Waals surface area contributed by atoms with Gasteiger partial charge in [0.25, 0.3) is 0 Å². The molecule has 1 fully saturated rings. The maximum atomic E-state index is 12.7. The van der Waals surface area contributed by atoms with Gasteiger partial charge in [-0.25, -0.2) is 4.98 Å². The highest BCUT2D eigenvalue weighted by Gasteiger charge is 2.29. The molecule has 0 bridgehead atoms. The van der Waals surface area contributed by atoms with Crippen LogP contribution >= 0.6 is 11.6 Å². The number of halogens is 1. The molecular formula is C31H38ClN3O3. The Kier molecular flexibility index (Phi) is 8.61. The molecule has 0 spiro atoms. The van der Waals surface area contributed by atoms with Crippen molar-refractivity contribution in [3.63, 3.8) is 0 Å². The van der Waals surface area contributed by atoms with Crippen LogP contribution < -0.4 is 9.64 Å². The van der Waals surface area contributed by atoms with Crippen LogP contribution in [0.3, 0.4) is 0 Å². The van der Waals surface area contributed by atoms with Crippen LogP contribution in [0.2, 0.25) is 5.02 Å². The topological polar surface area (TPSA) is 64.6 Å². The molecule has 0 amide bonds. The Morgan fingerprint density at radius 1 is 1.05 bits per heavy atom. The van der Waals surface area contributed by atoms with Crippen LogP contribution in [-0.2, 0) is 22.6 Å². The average molecular weight is 536 g/mol. The molecule has 7 heteroatoms. The molecule has 1 saturated heterocycles. The monoisotopic (exact) mass is 535 g/mol. The number of pyridine rings is 2. The first kappa shape index (κ1) is 27.9. The summed E-state index contributed by atoms with van der Waals surface area (Å²) < 4.78 is 11.5. The minimum Gasteiger partial charge on any atom is -0.473 e. The Morgan fingerprint density at radius 3 is 2.42 bits per heavy atom. The highest BCUT2D eigenvalue weighted by atomic mass is 35.5. The van der Waals surface area contributed by atoms with E-state index in [4.69, 9.17) is 21.1 Å². The summed E-state index contributed by atoms with van der Waals surface area (Å²) in [4.78, 5) is 24.4. The van der Waals surface area contributed by atoms with E-state index in [9.17, 15) is 4.79 Å². The largest absolute Gasteiger partial charge is 0.473 e. The van der Waals surface area contributed by atoms with Crippen molar-refractivity contribution in [3.8, 4) is 17.0 Å². The number of aromatic nitrogens is 2. The van der Waals surface area contributed by atoms with Crippen molar-refractivity contribution in [1.82, 2.24) is 9.97 Å². The molecule has 6 nitrogen and oxygen atoms in total. The van der Waals surface area contributed by atoms with Gasteiger partial charge in [0.15, 0.2) is 0 Å². The van der Waals surface area contributed by atoms with E-state index in [0.29, 0.717) is 22.9 Å². The fraction of sp³-hybridized carbons (Fsp3) is 0.452. The summed E-state index contributed by atoms with van der Waals surface area (Å²) in [6.07, 6.45) is 5.89. The second-order valence-electron chi connectivity index (χ2n) is 11.2.